The number of nitrogens with zero attached hydrogens (tertiary/aromatic N) is 3. The van der Waals surface area contributed by atoms with Crippen molar-refractivity contribution in [2.24, 2.45) is 0 Å². The highest BCUT2D eigenvalue weighted by Crippen LogP contribution is 2.27. The largest absolute Gasteiger partial charge is 0.448 e. The van der Waals surface area contributed by atoms with Crippen LogP contribution in [-0.2, 0) is 29.5 Å². The lowest BCUT2D eigenvalue weighted by atomic mass is 10.0. The summed E-state index contributed by atoms with van der Waals surface area (Å²) in [5.41, 5.74) is 3.00. The van der Waals surface area contributed by atoms with Crippen molar-refractivity contribution in [2.45, 2.75) is 44.5 Å². The zero-order chi connectivity index (χ0) is 18.3. The van der Waals surface area contributed by atoms with Crippen molar-refractivity contribution in [1.29, 1.82) is 0 Å². The van der Waals surface area contributed by atoms with Crippen molar-refractivity contribution in [1.82, 2.24) is 19.6 Å². The number of amides is 1. The van der Waals surface area contributed by atoms with Crippen molar-refractivity contribution in [3.8, 4) is 0 Å². The molecule has 2 aromatic heterocycles. The Kier molecular flexibility index (Phi) is 4.28. The lowest BCUT2D eigenvalue weighted by molar-refractivity contribution is 0.0726. The molecule has 0 atom stereocenters. The molecule has 8 nitrogen and oxygen atoms in total. The molecule has 2 aliphatic rings. The molecule has 0 unspecified atom stereocenters. The van der Waals surface area contributed by atoms with Gasteiger partial charge in [-0.25, -0.2) is 18.1 Å². The van der Waals surface area contributed by atoms with Crippen molar-refractivity contribution in [2.75, 3.05) is 6.54 Å². The lowest BCUT2D eigenvalue weighted by Crippen LogP contribution is -2.37. The number of sulfonamides is 1. The van der Waals surface area contributed by atoms with Gasteiger partial charge in [0.1, 0.15) is 5.76 Å². The second-order valence-corrected chi connectivity index (χ2v) is 8.79. The number of aromatic nitrogens is 2. The van der Waals surface area contributed by atoms with E-state index in [2.05, 4.69) is 14.7 Å². The third-order valence-electron chi connectivity index (χ3n) is 4.77. The Morgan fingerprint density at radius 3 is 2.88 bits per heavy atom. The first kappa shape index (κ1) is 17.2. The lowest BCUT2D eigenvalue weighted by Gasteiger charge is -2.28. The van der Waals surface area contributed by atoms with E-state index in [-0.39, 0.29) is 17.7 Å². The Hall–Kier alpha value is -2.26. The van der Waals surface area contributed by atoms with Gasteiger partial charge in [0.05, 0.1) is 5.25 Å². The Balaban J connectivity index is 1.47. The molecule has 0 aromatic carbocycles. The highest BCUT2D eigenvalue weighted by molar-refractivity contribution is 7.90. The number of rotatable bonds is 5. The molecule has 0 spiro atoms. The van der Waals surface area contributed by atoms with Crippen molar-refractivity contribution >= 4 is 15.9 Å². The van der Waals surface area contributed by atoms with Crippen LogP contribution in [-0.4, -0.2) is 41.0 Å². The molecule has 0 saturated heterocycles. The Morgan fingerprint density at radius 1 is 1.38 bits per heavy atom. The van der Waals surface area contributed by atoms with E-state index < -0.39 is 10.0 Å². The van der Waals surface area contributed by atoms with E-state index in [1.54, 1.807) is 18.0 Å². The molecule has 1 amide bonds. The first-order chi connectivity index (χ1) is 12.4. The maximum atomic E-state index is 12.6. The summed E-state index contributed by atoms with van der Waals surface area (Å²) in [5.74, 6) is 0.337. The highest BCUT2D eigenvalue weighted by atomic mass is 32.2. The first-order valence-corrected chi connectivity index (χ1v) is 10.1. The van der Waals surface area contributed by atoms with Crippen LogP contribution in [0.2, 0.25) is 0 Å². The first-order valence-electron chi connectivity index (χ1n) is 8.58. The van der Waals surface area contributed by atoms with Crippen LogP contribution in [0.1, 0.15) is 45.9 Å². The molecule has 1 N–H and O–H groups in total. The molecule has 138 valence electrons. The molecule has 0 bridgehead atoms. The number of nitrogens with one attached hydrogen (secondary N) is 1. The van der Waals surface area contributed by atoms with Crippen LogP contribution < -0.4 is 4.72 Å². The monoisotopic (exact) mass is 376 g/mol. The fraction of sp³-hybridized carbons (Fsp3) is 0.471. The van der Waals surface area contributed by atoms with Crippen molar-refractivity contribution < 1.29 is 17.6 Å². The van der Waals surface area contributed by atoms with Gasteiger partial charge in [-0.3, -0.25) is 9.78 Å². The van der Waals surface area contributed by atoms with Crippen LogP contribution >= 0.6 is 0 Å². The van der Waals surface area contributed by atoms with Gasteiger partial charge in [0.2, 0.25) is 10.0 Å². The van der Waals surface area contributed by atoms with Gasteiger partial charge in [-0.2, -0.15) is 0 Å². The Labute approximate surface area is 151 Å². The summed E-state index contributed by atoms with van der Waals surface area (Å²) >= 11 is 0. The van der Waals surface area contributed by atoms with E-state index in [0.29, 0.717) is 31.0 Å². The molecule has 1 saturated carbocycles. The summed E-state index contributed by atoms with van der Waals surface area (Å²) in [6.45, 7) is 2.93. The number of carbonyl (C=O) groups is 1. The molecule has 4 rings (SSSR count). The zero-order valence-corrected chi connectivity index (χ0v) is 15.3. The van der Waals surface area contributed by atoms with Gasteiger partial charge in [0.25, 0.3) is 5.91 Å². The van der Waals surface area contributed by atoms with Crippen LogP contribution in [0.15, 0.2) is 23.1 Å². The molecule has 9 heteroatoms. The van der Waals surface area contributed by atoms with Gasteiger partial charge < -0.3 is 9.32 Å². The SMILES string of the molecule is Cc1ocnc1C(=O)N1CCc2ncc(CNS(=O)(=O)C3CC3)cc2C1. The zero-order valence-electron chi connectivity index (χ0n) is 14.4. The van der Waals surface area contributed by atoms with Crippen molar-refractivity contribution in [3.05, 3.63) is 46.9 Å². The normalized spacial score (nSPS) is 17.2. The topological polar surface area (TPSA) is 105 Å². The maximum Gasteiger partial charge on any atom is 0.276 e. The smallest absolute Gasteiger partial charge is 0.276 e. The van der Waals surface area contributed by atoms with Crippen LogP contribution in [0.25, 0.3) is 0 Å². The third kappa shape index (κ3) is 3.36. The standard InChI is InChI=1S/C17H20N4O4S/c1-11-16(19-10-25-11)17(22)21-5-4-15-13(9-21)6-12(7-18-15)8-20-26(23,24)14-2-3-14/h6-7,10,14,20H,2-5,8-9H2,1H3. The molecule has 2 aromatic rings. The van der Waals surface area contributed by atoms with Gasteiger partial charge in [-0.1, -0.05) is 0 Å². The Morgan fingerprint density at radius 2 is 2.19 bits per heavy atom. The van der Waals surface area contributed by atoms with Crippen LogP contribution in [0.3, 0.4) is 0 Å². The van der Waals surface area contributed by atoms with Crippen LogP contribution in [0, 0.1) is 6.92 Å². The fourth-order valence-corrected chi connectivity index (χ4v) is 4.45. The second-order valence-electron chi connectivity index (χ2n) is 6.75. The minimum atomic E-state index is -3.23. The summed E-state index contributed by atoms with van der Waals surface area (Å²) in [6, 6.07) is 1.92. The number of hydrogen-bond acceptors (Lipinski definition) is 6. The van der Waals surface area contributed by atoms with Gasteiger partial charge in [-0.15, -0.1) is 0 Å². The molecule has 3 heterocycles. The average molecular weight is 376 g/mol. The molecular weight excluding hydrogens is 356 g/mol. The number of carbonyl (C=O) groups excluding carboxylic acids is 1. The van der Waals surface area contributed by atoms with E-state index in [1.807, 2.05) is 6.07 Å². The summed E-state index contributed by atoms with van der Waals surface area (Å²) < 4.78 is 31.7. The predicted octanol–water partition coefficient (Wildman–Crippen LogP) is 1.16. The maximum absolute atomic E-state index is 12.6. The number of hydrogen-bond donors (Lipinski definition) is 1. The van der Waals surface area contributed by atoms with Gasteiger partial charge in [-0.05, 0) is 37.0 Å². The third-order valence-corrected chi connectivity index (χ3v) is 6.67. The van der Waals surface area contributed by atoms with E-state index in [4.69, 9.17) is 4.42 Å². The summed E-state index contributed by atoms with van der Waals surface area (Å²) in [4.78, 5) is 22.8. The average Bonchev–Trinajstić information content (AvgIpc) is 3.41. The molecular formula is C17H20N4O4S. The van der Waals surface area contributed by atoms with Gasteiger partial charge in [0, 0.05) is 37.9 Å². The summed E-state index contributed by atoms with van der Waals surface area (Å²) in [5, 5.41) is -0.244. The molecule has 0 radical (unpaired) electrons. The fourth-order valence-electron chi connectivity index (χ4n) is 3.09. The minimum absolute atomic E-state index is 0.165. The van der Waals surface area contributed by atoms with E-state index in [1.165, 1.54) is 6.39 Å². The Bertz CT molecular complexity index is 949. The molecule has 26 heavy (non-hydrogen) atoms. The summed E-state index contributed by atoms with van der Waals surface area (Å²) in [7, 11) is -3.23. The van der Waals surface area contributed by atoms with Crippen LogP contribution in [0.5, 0.6) is 0 Å². The van der Waals surface area contributed by atoms with Gasteiger partial charge >= 0.3 is 0 Å². The van der Waals surface area contributed by atoms with Crippen LogP contribution in [0.4, 0.5) is 0 Å². The minimum Gasteiger partial charge on any atom is -0.448 e. The molecule has 1 fully saturated rings. The number of fused-ring (bicyclic) bond motifs is 1. The number of aryl methyl sites for hydroxylation is 1. The van der Waals surface area contributed by atoms with E-state index in [9.17, 15) is 13.2 Å². The van der Waals surface area contributed by atoms with E-state index in [0.717, 1.165) is 29.7 Å². The summed E-state index contributed by atoms with van der Waals surface area (Å²) in [6.07, 6.45) is 5.10. The van der Waals surface area contributed by atoms with Gasteiger partial charge in [0.15, 0.2) is 12.1 Å². The van der Waals surface area contributed by atoms with E-state index >= 15 is 0 Å². The molecule has 1 aliphatic carbocycles. The second kappa shape index (κ2) is 6.48. The highest BCUT2D eigenvalue weighted by Gasteiger charge is 2.35. The number of oxazole rings is 1. The number of pyridine rings is 1. The van der Waals surface area contributed by atoms with Crippen molar-refractivity contribution in [3.63, 3.8) is 0 Å². The quantitative estimate of drug-likeness (QED) is 0.839. The predicted molar refractivity (Wildman–Crippen MR) is 92.7 cm³/mol. The molecule has 1 aliphatic heterocycles.